The van der Waals surface area contributed by atoms with E-state index in [4.69, 9.17) is 11.6 Å². The van der Waals surface area contributed by atoms with Gasteiger partial charge in [-0.2, -0.15) is 0 Å². The minimum atomic E-state index is 0.160. The van der Waals surface area contributed by atoms with Gasteiger partial charge < -0.3 is 5.11 Å². The minimum Gasteiger partial charge on any atom is -0.508 e. The van der Waals surface area contributed by atoms with Gasteiger partial charge in [0, 0.05) is 5.69 Å². The summed E-state index contributed by atoms with van der Waals surface area (Å²) in [7, 11) is 0. The Morgan fingerprint density at radius 3 is 2.75 bits per heavy atom. The Kier molecular flexibility index (Phi) is 2.71. The van der Waals surface area contributed by atoms with Crippen molar-refractivity contribution in [2.24, 2.45) is 0 Å². The summed E-state index contributed by atoms with van der Waals surface area (Å²) < 4.78 is 0. The van der Waals surface area contributed by atoms with Gasteiger partial charge in [0.15, 0.2) is 0 Å². The van der Waals surface area contributed by atoms with Crippen LogP contribution in [0, 0.1) is 6.92 Å². The van der Waals surface area contributed by atoms with E-state index in [1.54, 1.807) is 25.1 Å². The molecule has 12 heavy (non-hydrogen) atoms. The van der Waals surface area contributed by atoms with Crippen molar-refractivity contribution in [2.45, 2.75) is 13.8 Å². The summed E-state index contributed by atoms with van der Waals surface area (Å²) in [5.74, 6) is 0.160. The number of halogens is 1. The molecule has 0 spiro atoms. The molecule has 0 aliphatic heterocycles. The van der Waals surface area contributed by atoms with Crippen LogP contribution in [0.4, 0.5) is 0 Å². The number of pyridine rings is 1. The summed E-state index contributed by atoms with van der Waals surface area (Å²) in [5, 5.41) is 9.68. The molecule has 2 nitrogen and oxygen atoms in total. The van der Waals surface area contributed by atoms with Gasteiger partial charge in [0.1, 0.15) is 10.9 Å². The summed E-state index contributed by atoms with van der Waals surface area (Å²) >= 11 is 5.79. The van der Waals surface area contributed by atoms with Crippen molar-refractivity contribution in [1.29, 1.82) is 0 Å². The van der Waals surface area contributed by atoms with E-state index in [0.29, 0.717) is 10.7 Å². The van der Waals surface area contributed by atoms with Crippen LogP contribution in [0.1, 0.15) is 18.2 Å². The van der Waals surface area contributed by atoms with Gasteiger partial charge in [-0.15, -0.1) is 0 Å². The third kappa shape index (κ3) is 1.77. The van der Waals surface area contributed by atoms with E-state index in [1.165, 1.54) is 0 Å². The van der Waals surface area contributed by atoms with Gasteiger partial charge in [0.05, 0.1) is 5.56 Å². The lowest BCUT2D eigenvalue weighted by atomic mass is 10.2. The van der Waals surface area contributed by atoms with Gasteiger partial charge in [0.25, 0.3) is 0 Å². The molecule has 0 saturated carbocycles. The fourth-order valence-corrected chi connectivity index (χ4v) is 1.16. The molecule has 0 aromatic carbocycles. The first-order valence-electron chi connectivity index (χ1n) is 3.64. The maximum atomic E-state index is 9.34. The van der Waals surface area contributed by atoms with Gasteiger partial charge in [-0.25, -0.2) is 4.98 Å². The number of hydrogen-bond acceptors (Lipinski definition) is 2. The van der Waals surface area contributed by atoms with Gasteiger partial charge in [0.2, 0.25) is 0 Å². The smallest absolute Gasteiger partial charge is 0.140 e. The number of allylic oxidation sites excluding steroid dienone is 1. The van der Waals surface area contributed by atoms with E-state index in [2.05, 4.69) is 4.98 Å². The monoisotopic (exact) mass is 183 g/mol. The van der Waals surface area contributed by atoms with E-state index < -0.39 is 0 Å². The molecule has 0 aliphatic rings. The highest BCUT2D eigenvalue weighted by atomic mass is 35.5. The lowest BCUT2D eigenvalue weighted by Crippen LogP contribution is -1.89. The van der Waals surface area contributed by atoms with E-state index in [0.717, 1.165) is 5.69 Å². The Bertz CT molecular complexity index is 320. The molecule has 1 N–H and O–H groups in total. The molecular weight excluding hydrogens is 174 g/mol. The zero-order chi connectivity index (χ0) is 9.14. The summed E-state index contributed by atoms with van der Waals surface area (Å²) in [5.41, 5.74) is 1.41. The predicted molar refractivity (Wildman–Crippen MR) is 50.3 cm³/mol. The van der Waals surface area contributed by atoms with Crippen molar-refractivity contribution in [3.8, 4) is 0 Å². The van der Waals surface area contributed by atoms with Crippen LogP contribution < -0.4 is 0 Å². The third-order valence-corrected chi connectivity index (χ3v) is 1.83. The van der Waals surface area contributed by atoms with Crippen LogP contribution in [0.25, 0.3) is 5.76 Å². The maximum absolute atomic E-state index is 9.34. The first-order valence-corrected chi connectivity index (χ1v) is 4.01. The Balaban J connectivity index is 3.18. The van der Waals surface area contributed by atoms with Gasteiger partial charge >= 0.3 is 0 Å². The fraction of sp³-hybridized carbons (Fsp3) is 0.222. The lowest BCUT2D eigenvalue weighted by Gasteiger charge is -2.02. The molecule has 0 aliphatic carbocycles. The maximum Gasteiger partial charge on any atom is 0.140 e. The SMILES string of the molecule is C/C=C(\O)c1ccc(C)nc1Cl. The zero-order valence-electron chi connectivity index (χ0n) is 7.00. The van der Waals surface area contributed by atoms with Crippen molar-refractivity contribution in [2.75, 3.05) is 0 Å². The third-order valence-electron chi connectivity index (χ3n) is 1.54. The standard InChI is InChI=1S/C9H10ClNO/c1-3-8(12)7-5-4-6(2)11-9(7)10/h3-5,12H,1-2H3/b8-3-. The summed E-state index contributed by atoms with van der Waals surface area (Å²) in [6.07, 6.45) is 1.58. The molecule has 0 unspecified atom stereocenters. The molecule has 0 radical (unpaired) electrons. The van der Waals surface area contributed by atoms with Crippen LogP contribution in [-0.2, 0) is 0 Å². The Labute approximate surface area is 76.5 Å². The summed E-state index contributed by atoms with van der Waals surface area (Å²) in [4.78, 5) is 4.01. The van der Waals surface area contributed by atoms with Crippen molar-refractivity contribution < 1.29 is 5.11 Å². The molecule has 64 valence electrons. The first-order chi connectivity index (χ1) is 5.65. The number of aromatic nitrogens is 1. The number of rotatable bonds is 1. The van der Waals surface area contributed by atoms with E-state index in [-0.39, 0.29) is 5.76 Å². The molecule has 0 atom stereocenters. The quantitative estimate of drug-likeness (QED) is 0.537. The van der Waals surface area contributed by atoms with Gasteiger partial charge in [-0.3, -0.25) is 0 Å². The van der Waals surface area contributed by atoms with Crippen molar-refractivity contribution in [3.63, 3.8) is 0 Å². The minimum absolute atomic E-state index is 0.160. The fourth-order valence-electron chi connectivity index (χ4n) is 0.872. The molecule has 0 saturated heterocycles. The molecule has 1 aromatic rings. The number of aryl methyl sites for hydroxylation is 1. The zero-order valence-corrected chi connectivity index (χ0v) is 7.76. The van der Waals surface area contributed by atoms with Crippen molar-refractivity contribution in [1.82, 2.24) is 4.98 Å². The topological polar surface area (TPSA) is 33.1 Å². The number of nitrogens with zero attached hydrogens (tertiary/aromatic N) is 1. The second-order valence-electron chi connectivity index (χ2n) is 2.46. The van der Waals surface area contributed by atoms with Crippen LogP contribution in [0.5, 0.6) is 0 Å². The largest absolute Gasteiger partial charge is 0.508 e. The first kappa shape index (κ1) is 9.07. The van der Waals surface area contributed by atoms with E-state index in [9.17, 15) is 5.11 Å². The average molecular weight is 184 g/mol. The molecule has 3 heteroatoms. The Morgan fingerprint density at radius 1 is 1.58 bits per heavy atom. The second kappa shape index (κ2) is 3.59. The van der Waals surface area contributed by atoms with Crippen LogP contribution in [0.15, 0.2) is 18.2 Å². The van der Waals surface area contributed by atoms with Crippen molar-refractivity contribution in [3.05, 3.63) is 34.6 Å². The summed E-state index contributed by atoms with van der Waals surface area (Å²) in [6, 6.07) is 3.56. The highest BCUT2D eigenvalue weighted by molar-refractivity contribution is 6.31. The highest BCUT2D eigenvalue weighted by Crippen LogP contribution is 2.19. The van der Waals surface area contributed by atoms with Crippen molar-refractivity contribution >= 4 is 17.4 Å². The molecule has 1 heterocycles. The predicted octanol–water partition coefficient (Wildman–Crippen LogP) is 2.96. The Morgan fingerprint density at radius 2 is 2.25 bits per heavy atom. The van der Waals surface area contributed by atoms with Gasteiger partial charge in [-0.05, 0) is 32.1 Å². The molecule has 0 fully saturated rings. The van der Waals surface area contributed by atoms with E-state index >= 15 is 0 Å². The average Bonchev–Trinajstić information content (AvgIpc) is 2.03. The Hall–Kier alpha value is -1.02. The van der Waals surface area contributed by atoms with Crippen LogP contribution in [0.3, 0.4) is 0 Å². The lowest BCUT2D eigenvalue weighted by molar-refractivity contribution is 0.510. The molecule has 0 bridgehead atoms. The number of aliphatic hydroxyl groups is 1. The van der Waals surface area contributed by atoms with Crippen LogP contribution in [-0.4, -0.2) is 10.1 Å². The molecule has 1 aromatic heterocycles. The molecule has 1 rings (SSSR count). The van der Waals surface area contributed by atoms with Crippen LogP contribution in [0.2, 0.25) is 5.15 Å². The highest BCUT2D eigenvalue weighted by Gasteiger charge is 2.04. The van der Waals surface area contributed by atoms with E-state index in [1.807, 2.05) is 6.92 Å². The molecule has 0 amide bonds. The second-order valence-corrected chi connectivity index (χ2v) is 2.82. The molecular formula is C9H10ClNO. The summed E-state index contributed by atoms with van der Waals surface area (Å²) in [6.45, 7) is 3.59. The van der Waals surface area contributed by atoms with Gasteiger partial charge in [-0.1, -0.05) is 11.6 Å². The number of aliphatic hydroxyl groups excluding tert-OH is 1. The van der Waals surface area contributed by atoms with Crippen LogP contribution >= 0.6 is 11.6 Å². The number of hydrogen-bond donors (Lipinski definition) is 1. The normalized spacial score (nSPS) is 11.8.